The van der Waals surface area contributed by atoms with Crippen LogP contribution in [0.2, 0.25) is 0 Å². The van der Waals surface area contributed by atoms with E-state index in [2.05, 4.69) is 26.7 Å². The summed E-state index contributed by atoms with van der Waals surface area (Å²) in [6.07, 6.45) is 0. The second-order valence-electron chi connectivity index (χ2n) is 4.24. The number of aromatic amines is 1. The lowest BCUT2D eigenvalue weighted by atomic mass is 10.3. The number of aryl methyl sites for hydroxylation is 1. The minimum atomic E-state index is 0.460. The standard InChI is InChI=1S/C13H15N5O/c1-3-18-11-5-4-8(19-2)6-9(11)15-13(18)10-7-12(14)17-16-10/h4-7H,3H2,1-2H3,(H3,14,16,17). The fraction of sp³-hybridized carbons (Fsp3) is 0.231. The molecule has 3 aromatic rings. The average molecular weight is 257 g/mol. The monoisotopic (exact) mass is 257 g/mol. The third-order valence-corrected chi connectivity index (χ3v) is 3.11. The number of imidazole rings is 1. The van der Waals surface area contributed by atoms with Crippen molar-refractivity contribution in [2.24, 2.45) is 0 Å². The molecular weight excluding hydrogens is 242 g/mol. The molecule has 98 valence electrons. The Labute approximate surface area is 110 Å². The van der Waals surface area contributed by atoms with Crippen molar-refractivity contribution < 1.29 is 4.74 Å². The van der Waals surface area contributed by atoms with Crippen LogP contribution < -0.4 is 10.5 Å². The maximum atomic E-state index is 5.65. The Kier molecular flexibility index (Phi) is 2.63. The molecule has 0 bridgehead atoms. The molecule has 0 radical (unpaired) electrons. The predicted molar refractivity (Wildman–Crippen MR) is 74.0 cm³/mol. The maximum Gasteiger partial charge on any atom is 0.159 e. The Morgan fingerprint density at radius 2 is 2.21 bits per heavy atom. The zero-order chi connectivity index (χ0) is 13.4. The van der Waals surface area contributed by atoms with Crippen molar-refractivity contribution >= 4 is 16.9 Å². The van der Waals surface area contributed by atoms with Crippen LogP contribution in [0.5, 0.6) is 5.75 Å². The van der Waals surface area contributed by atoms with Gasteiger partial charge in [-0.15, -0.1) is 0 Å². The summed E-state index contributed by atoms with van der Waals surface area (Å²) in [5, 5.41) is 6.84. The van der Waals surface area contributed by atoms with E-state index in [0.717, 1.165) is 34.8 Å². The number of ether oxygens (including phenoxy) is 1. The van der Waals surface area contributed by atoms with Crippen molar-refractivity contribution in [2.75, 3.05) is 12.8 Å². The number of hydrogen-bond acceptors (Lipinski definition) is 4. The highest BCUT2D eigenvalue weighted by atomic mass is 16.5. The van der Waals surface area contributed by atoms with Crippen molar-refractivity contribution in [1.82, 2.24) is 19.7 Å². The highest BCUT2D eigenvalue weighted by Crippen LogP contribution is 2.26. The number of anilines is 1. The first-order chi connectivity index (χ1) is 9.22. The fourth-order valence-corrected chi connectivity index (χ4v) is 2.21. The van der Waals surface area contributed by atoms with Crippen LogP contribution in [0.3, 0.4) is 0 Å². The van der Waals surface area contributed by atoms with E-state index in [1.807, 2.05) is 18.2 Å². The van der Waals surface area contributed by atoms with Gasteiger partial charge in [-0.25, -0.2) is 4.98 Å². The van der Waals surface area contributed by atoms with E-state index in [4.69, 9.17) is 10.5 Å². The van der Waals surface area contributed by atoms with Gasteiger partial charge >= 0.3 is 0 Å². The first-order valence-corrected chi connectivity index (χ1v) is 6.08. The van der Waals surface area contributed by atoms with Crippen molar-refractivity contribution in [1.29, 1.82) is 0 Å². The maximum absolute atomic E-state index is 5.65. The number of nitrogens with zero attached hydrogens (tertiary/aromatic N) is 3. The Morgan fingerprint density at radius 3 is 2.84 bits per heavy atom. The largest absolute Gasteiger partial charge is 0.497 e. The smallest absolute Gasteiger partial charge is 0.159 e. The minimum Gasteiger partial charge on any atom is -0.497 e. The van der Waals surface area contributed by atoms with Gasteiger partial charge in [-0.3, -0.25) is 5.10 Å². The summed E-state index contributed by atoms with van der Waals surface area (Å²) >= 11 is 0. The quantitative estimate of drug-likeness (QED) is 0.752. The second kappa shape index (κ2) is 4.31. The van der Waals surface area contributed by atoms with Crippen LogP contribution in [0, 0.1) is 0 Å². The van der Waals surface area contributed by atoms with Crippen molar-refractivity contribution in [2.45, 2.75) is 13.5 Å². The molecule has 0 fully saturated rings. The van der Waals surface area contributed by atoms with Gasteiger partial charge in [0, 0.05) is 18.7 Å². The van der Waals surface area contributed by atoms with E-state index >= 15 is 0 Å². The molecule has 19 heavy (non-hydrogen) atoms. The SMILES string of the molecule is CCn1c(-c2cc(N)n[nH]2)nc2cc(OC)ccc21. The zero-order valence-electron chi connectivity index (χ0n) is 10.8. The van der Waals surface area contributed by atoms with Gasteiger partial charge < -0.3 is 15.0 Å². The Balaban J connectivity index is 2.24. The van der Waals surface area contributed by atoms with Gasteiger partial charge in [-0.1, -0.05) is 0 Å². The van der Waals surface area contributed by atoms with E-state index in [0.29, 0.717) is 5.82 Å². The van der Waals surface area contributed by atoms with E-state index in [9.17, 15) is 0 Å². The number of nitrogen functional groups attached to an aromatic ring is 1. The minimum absolute atomic E-state index is 0.460. The number of nitrogens with one attached hydrogen (secondary N) is 1. The molecule has 0 aliphatic rings. The number of nitrogens with two attached hydrogens (primary N) is 1. The normalized spacial score (nSPS) is 11.1. The molecule has 0 amide bonds. The number of rotatable bonds is 3. The van der Waals surface area contributed by atoms with Crippen molar-refractivity contribution in [3.05, 3.63) is 24.3 Å². The Hall–Kier alpha value is -2.50. The van der Waals surface area contributed by atoms with Crippen LogP contribution in [0.25, 0.3) is 22.6 Å². The summed E-state index contributed by atoms with van der Waals surface area (Å²) < 4.78 is 7.34. The first kappa shape index (κ1) is 11.6. The van der Waals surface area contributed by atoms with E-state index in [1.165, 1.54) is 0 Å². The molecule has 3 rings (SSSR count). The highest BCUT2D eigenvalue weighted by molar-refractivity contribution is 5.81. The molecule has 0 aliphatic carbocycles. The lowest BCUT2D eigenvalue weighted by molar-refractivity contribution is 0.415. The summed E-state index contributed by atoms with van der Waals surface area (Å²) in [6.45, 7) is 2.89. The molecule has 0 spiro atoms. The molecule has 2 heterocycles. The highest BCUT2D eigenvalue weighted by Gasteiger charge is 2.13. The summed E-state index contributed by atoms with van der Waals surface area (Å²) in [4.78, 5) is 4.63. The molecule has 0 aliphatic heterocycles. The van der Waals surface area contributed by atoms with Crippen LogP contribution in [-0.4, -0.2) is 26.9 Å². The van der Waals surface area contributed by atoms with E-state index in [1.54, 1.807) is 13.2 Å². The summed E-state index contributed by atoms with van der Waals surface area (Å²) in [6, 6.07) is 7.64. The van der Waals surface area contributed by atoms with E-state index < -0.39 is 0 Å². The number of H-pyrrole nitrogens is 1. The number of methoxy groups -OCH3 is 1. The lowest BCUT2D eigenvalue weighted by Gasteiger charge is -2.04. The third-order valence-electron chi connectivity index (χ3n) is 3.11. The Morgan fingerprint density at radius 1 is 1.37 bits per heavy atom. The summed E-state index contributed by atoms with van der Waals surface area (Å²) in [7, 11) is 1.65. The molecule has 0 atom stereocenters. The molecule has 3 N–H and O–H groups in total. The molecule has 2 aromatic heterocycles. The molecule has 6 heteroatoms. The average Bonchev–Trinajstić information content (AvgIpc) is 3.00. The zero-order valence-corrected chi connectivity index (χ0v) is 10.8. The lowest BCUT2D eigenvalue weighted by Crippen LogP contribution is -1.97. The number of hydrogen-bond donors (Lipinski definition) is 2. The molecular formula is C13H15N5O. The number of fused-ring (bicyclic) bond motifs is 1. The van der Waals surface area contributed by atoms with Crippen LogP contribution >= 0.6 is 0 Å². The van der Waals surface area contributed by atoms with Crippen LogP contribution in [0.15, 0.2) is 24.3 Å². The topological polar surface area (TPSA) is 81.8 Å². The van der Waals surface area contributed by atoms with Gasteiger partial charge in [-0.05, 0) is 19.1 Å². The van der Waals surface area contributed by atoms with Gasteiger partial charge in [0.05, 0.1) is 18.1 Å². The Bertz CT molecular complexity index is 728. The van der Waals surface area contributed by atoms with Gasteiger partial charge in [0.15, 0.2) is 5.82 Å². The molecule has 0 saturated carbocycles. The molecule has 0 unspecified atom stereocenters. The van der Waals surface area contributed by atoms with Gasteiger partial charge in [0.1, 0.15) is 17.3 Å². The first-order valence-electron chi connectivity index (χ1n) is 6.08. The van der Waals surface area contributed by atoms with Crippen molar-refractivity contribution in [3.8, 4) is 17.3 Å². The molecule has 6 nitrogen and oxygen atoms in total. The number of aromatic nitrogens is 4. The van der Waals surface area contributed by atoms with E-state index in [-0.39, 0.29) is 0 Å². The summed E-state index contributed by atoms with van der Waals surface area (Å²) in [5.74, 6) is 2.08. The molecule has 1 aromatic carbocycles. The fourth-order valence-electron chi connectivity index (χ4n) is 2.21. The number of benzene rings is 1. The molecule has 0 saturated heterocycles. The van der Waals surface area contributed by atoms with Gasteiger partial charge in [0.25, 0.3) is 0 Å². The third kappa shape index (κ3) is 1.81. The van der Waals surface area contributed by atoms with Gasteiger partial charge in [-0.2, -0.15) is 5.10 Å². The van der Waals surface area contributed by atoms with Crippen molar-refractivity contribution in [3.63, 3.8) is 0 Å². The second-order valence-corrected chi connectivity index (χ2v) is 4.24. The van der Waals surface area contributed by atoms with Crippen LogP contribution in [-0.2, 0) is 6.54 Å². The van der Waals surface area contributed by atoms with Gasteiger partial charge in [0.2, 0.25) is 0 Å². The van der Waals surface area contributed by atoms with Crippen LogP contribution in [0.1, 0.15) is 6.92 Å². The summed E-state index contributed by atoms with van der Waals surface area (Å²) in [5.41, 5.74) is 8.42. The predicted octanol–water partition coefficient (Wildman–Crippen LogP) is 2.04. The van der Waals surface area contributed by atoms with Crippen LogP contribution in [0.4, 0.5) is 5.82 Å².